The average molecular weight is 252 g/mol. The molecule has 0 saturated heterocycles. The van der Waals surface area contributed by atoms with Crippen LogP contribution in [0.2, 0.25) is 0 Å². The number of nitrogen functional groups attached to an aromatic ring is 1. The Labute approximate surface area is 113 Å². The third-order valence-corrected chi connectivity index (χ3v) is 2.82. The van der Waals surface area contributed by atoms with Crippen LogP contribution < -0.4 is 16.0 Å². The van der Waals surface area contributed by atoms with Crippen molar-refractivity contribution in [2.45, 2.75) is 0 Å². The van der Waals surface area contributed by atoms with Crippen LogP contribution in [0.4, 0.5) is 22.7 Å². The molecule has 96 valence electrons. The van der Waals surface area contributed by atoms with E-state index in [2.05, 4.69) is 11.4 Å². The molecule has 0 heterocycles. The standard InChI is InChI=1S/C15H16N4/c1-19(2)15-6-4-3-5-14(15)18-13-8-7-12(17)9-11(13)10-16/h3-9,18H,17H2,1-2H3. The number of para-hydroxylation sites is 2. The average Bonchev–Trinajstić information content (AvgIpc) is 2.41. The van der Waals surface area contributed by atoms with Gasteiger partial charge < -0.3 is 16.0 Å². The quantitative estimate of drug-likeness (QED) is 0.824. The number of hydrogen-bond donors (Lipinski definition) is 2. The molecule has 0 amide bonds. The fourth-order valence-electron chi connectivity index (χ4n) is 1.88. The second kappa shape index (κ2) is 5.32. The first kappa shape index (κ1) is 12.8. The summed E-state index contributed by atoms with van der Waals surface area (Å²) in [6.07, 6.45) is 0. The minimum Gasteiger partial charge on any atom is -0.399 e. The molecule has 0 bridgehead atoms. The van der Waals surface area contributed by atoms with Gasteiger partial charge >= 0.3 is 0 Å². The molecule has 2 rings (SSSR count). The molecule has 2 aromatic rings. The molecule has 0 aliphatic rings. The van der Waals surface area contributed by atoms with Gasteiger partial charge in [0.1, 0.15) is 6.07 Å². The van der Waals surface area contributed by atoms with Gasteiger partial charge in [-0.25, -0.2) is 0 Å². The second-order valence-electron chi connectivity index (χ2n) is 4.45. The summed E-state index contributed by atoms with van der Waals surface area (Å²) in [5.74, 6) is 0. The predicted octanol–water partition coefficient (Wildman–Crippen LogP) is 2.95. The molecule has 0 radical (unpaired) electrons. The molecule has 0 atom stereocenters. The zero-order valence-corrected chi connectivity index (χ0v) is 11.0. The van der Waals surface area contributed by atoms with E-state index in [1.54, 1.807) is 12.1 Å². The van der Waals surface area contributed by atoms with Crippen molar-refractivity contribution in [1.82, 2.24) is 0 Å². The van der Waals surface area contributed by atoms with Gasteiger partial charge in [-0.2, -0.15) is 5.26 Å². The monoisotopic (exact) mass is 252 g/mol. The summed E-state index contributed by atoms with van der Waals surface area (Å²) < 4.78 is 0. The topological polar surface area (TPSA) is 65.1 Å². The maximum absolute atomic E-state index is 9.14. The highest BCUT2D eigenvalue weighted by atomic mass is 15.1. The Kier molecular flexibility index (Phi) is 3.58. The maximum Gasteiger partial charge on any atom is 0.101 e. The number of nitrogens with one attached hydrogen (secondary N) is 1. The van der Waals surface area contributed by atoms with Crippen molar-refractivity contribution < 1.29 is 0 Å². The Morgan fingerprint density at radius 1 is 1.11 bits per heavy atom. The lowest BCUT2D eigenvalue weighted by Gasteiger charge is -2.18. The fraction of sp³-hybridized carbons (Fsp3) is 0.133. The zero-order chi connectivity index (χ0) is 13.8. The highest BCUT2D eigenvalue weighted by molar-refractivity contribution is 5.77. The van der Waals surface area contributed by atoms with E-state index in [4.69, 9.17) is 11.0 Å². The van der Waals surface area contributed by atoms with E-state index in [9.17, 15) is 0 Å². The molecular formula is C15H16N4. The molecule has 0 saturated carbocycles. The summed E-state index contributed by atoms with van der Waals surface area (Å²) in [6.45, 7) is 0. The van der Waals surface area contributed by atoms with Crippen molar-refractivity contribution >= 4 is 22.7 Å². The van der Waals surface area contributed by atoms with Gasteiger partial charge in [0.25, 0.3) is 0 Å². The van der Waals surface area contributed by atoms with Gasteiger partial charge in [0, 0.05) is 19.8 Å². The summed E-state index contributed by atoms with van der Waals surface area (Å²) in [5.41, 5.74) is 9.58. The molecule has 2 aromatic carbocycles. The molecule has 3 N–H and O–H groups in total. The molecule has 0 aromatic heterocycles. The fourth-order valence-corrected chi connectivity index (χ4v) is 1.88. The van der Waals surface area contributed by atoms with Gasteiger partial charge in [0.15, 0.2) is 0 Å². The predicted molar refractivity (Wildman–Crippen MR) is 79.6 cm³/mol. The lowest BCUT2D eigenvalue weighted by molar-refractivity contribution is 1.13. The normalized spacial score (nSPS) is 9.74. The Hall–Kier alpha value is -2.67. The molecule has 4 nitrogen and oxygen atoms in total. The number of benzene rings is 2. The molecule has 0 unspecified atom stereocenters. The third kappa shape index (κ3) is 2.78. The number of nitrogens with two attached hydrogens (primary N) is 1. The van der Waals surface area contributed by atoms with Crippen molar-refractivity contribution in [3.8, 4) is 6.07 Å². The van der Waals surface area contributed by atoms with E-state index in [0.717, 1.165) is 17.1 Å². The van der Waals surface area contributed by atoms with Crippen molar-refractivity contribution in [3.63, 3.8) is 0 Å². The lowest BCUT2D eigenvalue weighted by atomic mass is 10.1. The molecule has 4 heteroatoms. The summed E-state index contributed by atoms with van der Waals surface area (Å²) in [5, 5.41) is 12.4. The van der Waals surface area contributed by atoms with Gasteiger partial charge in [0.05, 0.1) is 22.6 Å². The van der Waals surface area contributed by atoms with Gasteiger partial charge in [0.2, 0.25) is 0 Å². The lowest BCUT2D eigenvalue weighted by Crippen LogP contribution is -2.11. The maximum atomic E-state index is 9.14. The highest BCUT2D eigenvalue weighted by Gasteiger charge is 2.07. The van der Waals surface area contributed by atoms with E-state index >= 15 is 0 Å². The summed E-state index contributed by atoms with van der Waals surface area (Å²) in [4.78, 5) is 2.02. The Morgan fingerprint density at radius 3 is 2.53 bits per heavy atom. The highest BCUT2D eigenvalue weighted by Crippen LogP contribution is 2.29. The Balaban J connectivity index is 2.40. The second-order valence-corrected chi connectivity index (χ2v) is 4.45. The van der Waals surface area contributed by atoms with Crippen LogP contribution in [0.5, 0.6) is 0 Å². The van der Waals surface area contributed by atoms with Gasteiger partial charge in [-0.05, 0) is 30.3 Å². The van der Waals surface area contributed by atoms with Crippen molar-refractivity contribution in [2.75, 3.05) is 30.0 Å². The number of nitriles is 1. The van der Waals surface area contributed by atoms with Gasteiger partial charge in [-0.3, -0.25) is 0 Å². The minimum absolute atomic E-state index is 0.536. The molecule has 0 fully saturated rings. The van der Waals surface area contributed by atoms with Crippen LogP contribution in [0.3, 0.4) is 0 Å². The van der Waals surface area contributed by atoms with Crippen LogP contribution in [0.25, 0.3) is 0 Å². The van der Waals surface area contributed by atoms with Crippen molar-refractivity contribution in [2.24, 2.45) is 0 Å². The molecular weight excluding hydrogens is 236 g/mol. The van der Waals surface area contributed by atoms with E-state index < -0.39 is 0 Å². The van der Waals surface area contributed by atoms with Crippen LogP contribution in [0, 0.1) is 11.3 Å². The first-order valence-electron chi connectivity index (χ1n) is 5.95. The van der Waals surface area contributed by atoms with Crippen LogP contribution in [0.15, 0.2) is 42.5 Å². The molecule has 0 aliphatic heterocycles. The number of nitrogens with zero attached hydrogens (tertiary/aromatic N) is 2. The van der Waals surface area contributed by atoms with E-state index in [1.807, 2.05) is 49.3 Å². The van der Waals surface area contributed by atoms with Gasteiger partial charge in [-0.15, -0.1) is 0 Å². The SMILES string of the molecule is CN(C)c1ccccc1Nc1ccc(N)cc1C#N. The molecule has 0 aliphatic carbocycles. The molecule has 0 spiro atoms. The molecule has 19 heavy (non-hydrogen) atoms. The third-order valence-electron chi connectivity index (χ3n) is 2.82. The first-order valence-corrected chi connectivity index (χ1v) is 5.95. The zero-order valence-electron chi connectivity index (χ0n) is 11.0. The van der Waals surface area contributed by atoms with E-state index in [0.29, 0.717) is 11.3 Å². The van der Waals surface area contributed by atoms with Crippen LogP contribution in [-0.2, 0) is 0 Å². The number of anilines is 4. The largest absolute Gasteiger partial charge is 0.399 e. The van der Waals surface area contributed by atoms with Crippen LogP contribution in [-0.4, -0.2) is 14.1 Å². The first-order chi connectivity index (χ1) is 9.11. The van der Waals surface area contributed by atoms with Crippen LogP contribution >= 0.6 is 0 Å². The summed E-state index contributed by atoms with van der Waals surface area (Å²) in [6, 6.07) is 15.4. The van der Waals surface area contributed by atoms with Crippen molar-refractivity contribution in [3.05, 3.63) is 48.0 Å². The Bertz CT molecular complexity index is 626. The van der Waals surface area contributed by atoms with Gasteiger partial charge in [-0.1, -0.05) is 12.1 Å². The Morgan fingerprint density at radius 2 is 1.84 bits per heavy atom. The number of hydrogen-bond acceptors (Lipinski definition) is 4. The number of rotatable bonds is 3. The van der Waals surface area contributed by atoms with E-state index in [1.165, 1.54) is 0 Å². The van der Waals surface area contributed by atoms with E-state index in [-0.39, 0.29) is 0 Å². The summed E-state index contributed by atoms with van der Waals surface area (Å²) in [7, 11) is 3.96. The summed E-state index contributed by atoms with van der Waals surface area (Å²) >= 11 is 0. The van der Waals surface area contributed by atoms with Crippen LogP contribution in [0.1, 0.15) is 5.56 Å². The smallest absolute Gasteiger partial charge is 0.101 e. The minimum atomic E-state index is 0.536. The van der Waals surface area contributed by atoms with Crippen molar-refractivity contribution in [1.29, 1.82) is 5.26 Å².